The van der Waals surface area contributed by atoms with Crippen molar-refractivity contribution in [2.24, 2.45) is 0 Å². The van der Waals surface area contributed by atoms with Gasteiger partial charge in [-0.15, -0.1) is 0 Å². The summed E-state index contributed by atoms with van der Waals surface area (Å²) in [6.07, 6.45) is 6.42. The van der Waals surface area contributed by atoms with Crippen LogP contribution in [0.15, 0.2) is 24.3 Å². The van der Waals surface area contributed by atoms with Crippen LogP contribution in [-0.4, -0.2) is 35.1 Å². The molecule has 2 fully saturated rings. The molecule has 2 atom stereocenters. The highest BCUT2D eigenvalue weighted by Crippen LogP contribution is 2.38. The van der Waals surface area contributed by atoms with Crippen LogP contribution in [0.5, 0.6) is 0 Å². The zero-order valence-electron chi connectivity index (χ0n) is 11.2. The molecule has 0 saturated carbocycles. The van der Waals surface area contributed by atoms with Crippen LogP contribution >= 0.6 is 0 Å². The number of carbonyl (C=O) groups is 1. The van der Waals surface area contributed by atoms with Gasteiger partial charge in [0.05, 0.1) is 5.56 Å². The summed E-state index contributed by atoms with van der Waals surface area (Å²) in [7, 11) is 0. The number of hydrogen-bond acceptors (Lipinski definition) is 2. The highest BCUT2D eigenvalue weighted by atomic mass is 16.4. The fraction of sp³-hybridized carbons (Fsp3) is 0.562. The van der Waals surface area contributed by atoms with Gasteiger partial charge in [-0.1, -0.05) is 25.0 Å². The minimum Gasteiger partial charge on any atom is -0.478 e. The molecule has 0 aliphatic carbocycles. The number of hydrogen-bond donors (Lipinski definition) is 1. The van der Waals surface area contributed by atoms with Crippen LogP contribution in [0.3, 0.4) is 0 Å². The van der Waals surface area contributed by atoms with Crippen LogP contribution in [0.4, 0.5) is 0 Å². The molecule has 2 unspecified atom stereocenters. The largest absolute Gasteiger partial charge is 0.478 e. The van der Waals surface area contributed by atoms with E-state index >= 15 is 0 Å². The van der Waals surface area contributed by atoms with Crippen LogP contribution in [0, 0.1) is 0 Å². The van der Waals surface area contributed by atoms with Crippen LogP contribution in [0.1, 0.15) is 53.9 Å². The standard InChI is InChI=1S/C16H21NO2/c18-16(19)13-6-4-5-12(11-13)14-8-10-17-9-3-1-2-7-15(14)17/h4-6,11,14-15H,1-3,7-10H2,(H,18,19). The van der Waals surface area contributed by atoms with E-state index in [4.69, 9.17) is 5.11 Å². The first-order chi connectivity index (χ1) is 9.25. The fourth-order valence-corrected chi connectivity index (χ4v) is 3.72. The number of fused-ring (bicyclic) bond motifs is 1. The molecule has 0 radical (unpaired) electrons. The van der Waals surface area contributed by atoms with Gasteiger partial charge in [0.2, 0.25) is 0 Å². The molecule has 0 amide bonds. The first-order valence-electron chi connectivity index (χ1n) is 7.33. The Morgan fingerprint density at radius 2 is 2.05 bits per heavy atom. The van der Waals surface area contributed by atoms with Gasteiger partial charge in [0.1, 0.15) is 0 Å². The second-order valence-corrected chi connectivity index (χ2v) is 5.78. The predicted molar refractivity (Wildman–Crippen MR) is 74.6 cm³/mol. The third-order valence-electron chi connectivity index (χ3n) is 4.67. The second-order valence-electron chi connectivity index (χ2n) is 5.78. The van der Waals surface area contributed by atoms with Gasteiger partial charge in [0, 0.05) is 12.0 Å². The van der Waals surface area contributed by atoms with Gasteiger partial charge in [-0.2, -0.15) is 0 Å². The Morgan fingerprint density at radius 1 is 1.16 bits per heavy atom. The Bertz CT molecular complexity index is 472. The third kappa shape index (κ3) is 2.52. The molecule has 19 heavy (non-hydrogen) atoms. The van der Waals surface area contributed by atoms with Gasteiger partial charge in [-0.25, -0.2) is 4.79 Å². The lowest BCUT2D eigenvalue weighted by Crippen LogP contribution is -2.31. The van der Waals surface area contributed by atoms with E-state index in [1.54, 1.807) is 6.07 Å². The number of nitrogens with zero attached hydrogens (tertiary/aromatic N) is 1. The normalized spacial score (nSPS) is 27.8. The molecule has 2 heterocycles. The number of rotatable bonds is 2. The number of benzene rings is 1. The summed E-state index contributed by atoms with van der Waals surface area (Å²) in [5, 5.41) is 9.12. The summed E-state index contributed by atoms with van der Waals surface area (Å²) in [5.41, 5.74) is 1.64. The van der Waals surface area contributed by atoms with E-state index < -0.39 is 5.97 Å². The van der Waals surface area contributed by atoms with Crippen molar-refractivity contribution in [1.82, 2.24) is 4.90 Å². The van der Waals surface area contributed by atoms with Crippen molar-refractivity contribution in [3.8, 4) is 0 Å². The van der Waals surface area contributed by atoms with Crippen molar-refractivity contribution < 1.29 is 9.90 Å². The summed E-state index contributed by atoms with van der Waals surface area (Å²) >= 11 is 0. The predicted octanol–water partition coefficient (Wildman–Crippen LogP) is 3.12. The maximum Gasteiger partial charge on any atom is 0.335 e. The topological polar surface area (TPSA) is 40.5 Å². The van der Waals surface area contributed by atoms with Crippen molar-refractivity contribution in [2.45, 2.75) is 44.1 Å². The van der Waals surface area contributed by atoms with E-state index in [2.05, 4.69) is 11.0 Å². The van der Waals surface area contributed by atoms with Gasteiger partial charge < -0.3 is 5.11 Å². The van der Waals surface area contributed by atoms with E-state index in [1.165, 1.54) is 50.8 Å². The Labute approximate surface area is 114 Å². The molecule has 3 nitrogen and oxygen atoms in total. The van der Waals surface area contributed by atoms with E-state index in [0.717, 1.165) is 0 Å². The van der Waals surface area contributed by atoms with Crippen molar-refractivity contribution in [1.29, 1.82) is 0 Å². The molecule has 3 heteroatoms. The van der Waals surface area contributed by atoms with Crippen molar-refractivity contribution >= 4 is 5.97 Å². The minimum atomic E-state index is -0.822. The molecule has 2 saturated heterocycles. The van der Waals surface area contributed by atoms with E-state index in [1.807, 2.05) is 12.1 Å². The quantitative estimate of drug-likeness (QED) is 0.887. The van der Waals surface area contributed by atoms with E-state index in [0.29, 0.717) is 17.5 Å². The number of carboxylic acid groups (broad SMARTS) is 1. The molecule has 1 aromatic rings. The smallest absolute Gasteiger partial charge is 0.335 e. The minimum absolute atomic E-state index is 0.421. The summed E-state index contributed by atoms with van der Waals surface area (Å²) in [5.74, 6) is -0.296. The molecule has 0 bridgehead atoms. The third-order valence-corrected chi connectivity index (χ3v) is 4.67. The number of aromatic carboxylic acids is 1. The zero-order valence-corrected chi connectivity index (χ0v) is 11.2. The van der Waals surface area contributed by atoms with Crippen LogP contribution in [0.25, 0.3) is 0 Å². The van der Waals surface area contributed by atoms with Crippen molar-refractivity contribution in [3.05, 3.63) is 35.4 Å². The molecule has 1 aromatic carbocycles. The summed E-state index contributed by atoms with van der Waals surface area (Å²) in [6, 6.07) is 8.18. The summed E-state index contributed by atoms with van der Waals surface area (Å²) < 4.78 is 0. The Balaban J connectivity index is 1.85. The SMILES string of the molecule is O=C(O)c1cccc(C2CCN3CCCCCC23)c1. The van der Waals surface area contributed by atoms with Crippen LogP contribution in [-0.2, 0) is 0 Å². The van der Waals surface area contributed by atoms with E-state index in [-0.39, 0.29) is 0 Å². The molecule has 102 valence electrons. The maximum absolute atomic E-state index is 11.1. The second kappa shape index (κ2) is 5.33. The van der Waals surface area contributed by atoms with Crippen molar-refractivity contribution in [3.63, 3.8) is 0 Å². The highest BCUT2D eigenvalue weighted by Gasteiger charge is 2.35. The molecule has 0 spiro atoms. The Hall–Kier alpha value is -1.35. The monoisotopic (exact) mass is 259 g/mol. The molecule has 1 N–H and O–H groups in total. The molecular formula is C16H21NO2. The van der Waals surface area contributed by atoms with Crippen LogP contribution < -0.4 is 0 Å². The summed E-state index contributed by atoms with van der Waals surface area (Å²) in [6.45, 7) is 2.40. The highest BCUT2D eigenvalue weighted by molar-refractivity contribution is 5.87. The Morgan fingerprint density at radius 3 is 2.89 bits per heavy atom. The molecule has 2 aliphatic heterocycles. The first kappa shape index (κ1) is 12.7. The molecule has 0 aromatic heterocycles. The zero-order chi connectivity index (χ0) is 13.2. The lowest BCUT2D eigenvalue weighted by molar-refractivity contribution is 0.0696. The summed E-state index contributed by atoms with van der Waals surface area (Å²) in [4.78, 5) is 13.7. The Kier molecular flexibility index (Phi) is 3.56. The molecular weight excluding hydrogens is 238 g/mol. The molecule has 3 rings (SSSR count). The van der Waals surface area contributed by atoms with Crippen LogP contribution in [0.2, 0.25) is 0 Å². The van der Waals surface area contributed by atoms with Gasteiger partial charge in [0.15, 0.2) is 0 Å². The average molecular weight is 259 g/mol. The lowest BCUT2D eigenvalue weighted by atomic mass is 9.88. The average Bonchev–Trinajstić information content (AvgIpc) is 2.68. The van der Waals surface area contributed by atoms with Gasteiger partial charge >= 0.3 is 5.97 Å². The molecule has 2 aliphatic rings. The fourth-order valence-electron chi connectivity index (χ4n) is 3.72. The number of carboxylic acids is 1. The lowest BCUT2D eigenvalue weighted by Gasteiger charge is -2.26. The van der Waals surface area contributed by atoms with Gasteiger partial charge in [-0.3, -0.25) is 4.90 Å². The van der Waals surface area contributed by atoms with Gasteiger partial charge in [0.25, 0.3) is 0 Å². The van der Waals surface area contributed by atoms with Gasteiger partial charge in [-0.05, 0) is 50.0 Å². The van der Waals surface area contributed by atoms with Crippen molar-refractivity contribution in [2.75, 3.05) is 13.1 Å². The maximum atomic E-state index is 11.1. The first-order valence-corrected chi connectivity index (χ1v) is 7.33. The van der Waals surface area contributed by atoms with E-state index in [9.17, 15) is 4.79 Å².